The monoisotopic (exact) mass is 428 g/mol. The fourth-order valence-corrected chi connectivity index (χ4v) is 3.47. The van der Waals surface area contributed by atoms with E-state index in [0.29, 0.717) is 11.1 Å². The van der Waals surface area contributed by atoms with Crippen LogP contribution in [0.25, 0.3) is 0 Å². The van der Waals surface area contributed by atoms with Crippen molar-refractivity contribution in [2.45, 2.75) is 12.8 Å². The van der Waals surface area contributed by atoms with Crippen LogP contribution in [0.1, 0.15) is 43.0 Å². The molecule has 0 heterocycles. The average molecular weight is 429 g/mol. The van der Waals surface area contributed by atoms with Gasteiger partial charge in [-0.3, -0.25) is 0 Å². The molecule has 154 valence electrons. The maximum absolute atomic E-state index is 11.2. The van der Waals surface area contributed by atoms with Crippen molar-refractivity contribution in [1.82, 2.24) is 0 Å². The topological polar surface area (TPSA) is 135 Å². The van der Waals surface area contributed by atoms with Crippen molar-refractivity contribution >= 4 is 23.5 Å². The first-order valence-corrected chi connectivity index (χ1v) is 9.15. The lowest BCUT2D eigenvalue weighted by atomic mass is 9.95. The molecule has 0 bridgehead atoms. The third kappa shape index (κ3) is 4.16. The highest BCUT2D eigenvalue weighted by atomic mass is 35.5. The average Bonchev–Trinajstić information content (AvgIpc) is 2.68. The van der Waals surface area contributed by atoms with Gasteiger partial charge < -0.3 is 25.5 Å². The number of rotatable bonds is 6. The molecule has 8 heteroatoms. The number of carboxylic acid groups (broad SMARTS) is 2. The molecular formula is C22H17ClO7. The van der Waals surface area contributed by atoms with Gasteiger partial charge in [0.15, 0.2) is 0 Å². The Hall–Kier alpha value is -3.71. The number of benzene rings is 3. The Morgan fingerprint density at radius 3 is 1.43 bits per heavy atom. The van der Waals surface area contributed by atoms with Gasteiger partial charge in [0.2, 0.25) is 0 Å². The minimum atomic E-state index is -1.28. The molecule has 0 aliphatic heterocycles. The molecule has 0 radical (unpaired) electrons. The summed E-state index contributed by atoms with van der Waals surface area (Å²) in [6, 6.07) is 11.5. The molecule has 0 aliphatic carbocycles. The van der Waals surface area contributed by atoms with Crippen molar-refractivity contribution < 1.29 is 35.1 Å². The SMILES string of the molecule is O=C(O)c1cccc(Cc2cc(Cl)cc(Cc3cccc(C(=O)O)c3O)c2O)c1O. The first-order chi connectivity index (χ1) is 14.2. The largest absolute Gasteiger partial charge is 0.507 e. The van der Waals surface area contributed by atoms with E-state index < -0.39 is 23.4 Å². The molecule has 0 saturated heterocycles. The van der Waals surface area contributed by atoms with E-state index in [1.54, 1.807) is 0 Å². The van der Waals surface area contributed by atoms with Gasteiger partial charge in [-0.1, -0.05) is 35.9 Å². The first-order valence-electron chi connectivity index (χ1n) is 8.77. The third-order valence-electron chi connectivity index (χ3n) is 4.69. The van der Waals surface area contributed by atoms with Crippen molar-refractivity contribution in [2.75, 3.05) is 0 Å². The van der Waals surface area contributed by atoms with Crippen LogP contribution in [0.5, 0.6) is 17.2 Å². The molecule has 0 aliphatic rings. The smallest absolute Gasteiger partial charge is 0.339 e. The Labute approximate surface area is 176 Å². The van der Waals surface area contributed by atoms with Crippen molar-refractivity contribution in [1.29, 1.82) is 0 Å². The van der Waals surface area contributed by atoms with E-state index in [1.807, 2.05) is 0 Å². The van der Waals surface area contributed by atoms with E-state index in [1.165, 1.54) is 48.5 Å². The van der Waals surface area contributed by atoms with Gasteiger partial charge in [0.05, 0.1) is 0 Å². The molecule has 7 nitrogen and oxygen atoms in total. The van der Waals surface area contributed by atoms with E-state index >= 15 is 0 Å². The summed E-state index contributed by atoms with van der Waals surface area (Å²) in [6.45, 7) is 0. The molecule has 0 aromatic heterocycles. The summed E-state index contributed by atoms with van der Waals surface area (Å²) in [4.78, 5) is 22.4. The van der Waals surface area contributed by atoms with Gasteiger partial charge in [-0.15, -0.1) is 0 Å². The van der Waals surface area contributed by atoms with E-state index in [2.05, 4.69) is 0 Å². The second-order valence-corrected chi connectivity index (χ2v) is 7.10. The van der Waals surface area contributed by atoms with Gasteiger partial charge in [0.1, 0.15) is 28.4 Å². The minimum absolute atomic E-state index is 0.00743. The fourth-order valence-electron chi connectivity index (χ4n) is 3.21. The van der Waals surface area contributed by atoms with Crippen LogP contribution in [0.2, 0.25) is 5.02 Å². The molecule has 0 spiro atoms. The summed E-state index contributed by atoms with van der Waals surface area (Å²) in [7, 11) is 0. The molecule has 30 heavy (non-hydrogen) atoms. The second kappa shape index (κ2) is 8.34. The zero-order valence-corrected chi connectivity index (χ0v) is 16.2. The Morgan fingerprint density at radius 1 is 0.667 bits per heavy atom. The maximum atomic E-state index is 11.2. The third-order valence-corrected chi connectivity index (χ3v) is 4.91. The van der Waals surface area contributed by atoms with Gasteiger partial charge in [-0.25, -0.2) is 9.59 Å². The number of carboxylic acids is 2. The number of halogens is 1. The van der Waals surface area contributed by atoms with Crippen LogP contribution in [0.3, 0.4) is 0 Å². The second-order valence-electron chi connectivity index (χ2n) is 6.66. The summed E-state index contributed by atoms with van der Waals surface area (Å²) in [5, 5.41) is 49.7. The van der Waals surface area contributed by atoms with Crippen molar-refractivity contribution in [3.8, 4) is 17.2 Å². The molecule has 0 fully saturated rings. The Morgan fingerprint density at radius 2 is 1.07 bits per heavy atom. The van der Waals surface area contributed by atoms with Crippen LogP contribution in [0.15, 0.2) is 48.5 Å². The lowest BCUT2D eigenvalue weighted by Gasteiger charge is -2.14. The van der Waals surface area contributed by atoms with Crippen molar-refractivity contribution in [3.05, 3.63) is 86.9 Å². The summed E-state index contributed by atoms with van der Waals surface area (Å²) < 4.78 is 0. The zero-order chi connectivity index (χ0) is 22.0. The van der Waals surface area contributed by atoms with Crippen molar-refractivity contribution in [3.63, 3.8) is 0 Å². The van der Waals surface area contributed by atoms with Gasteiger partial charge in [-0.05, 0) is 35.4 Å². The fraction of sp³-hybridized carbons (Fsp3) is 0.0909. The lowest BCUT2D eigenvalue weighted by molar-refractivity contribution is 0.0682. The number of phenolic OH excluding ortho intramolecular Hbond substituents is 1. The number of carbonyl (C=O) groups is 2. The summed E-state index contributed by atoms with van der Waals surface area (Å²) in [5.41, 5.74) is 0.728. The van der Waals surface area contributed by atoms with Crippen LogP contribution in [-0.2, 0) is 12.8 Å². The summed E-state index contributed by atoms with van der Waals surface area (Å²) in [5.74, 6) is -3.52. The summed E-state index contributed by atoms with van der Waals surface area (Å²) in [6.07, 6.45) is 0.0149. The first kappa shape index (κ1) is 21.0. The molecule has 3 aromatic carbocycles. The molecule has 0 unspecified atom stereocenters. The van der Waals surface area contributed by atoms with Gasteiger partial charge in [0, 0.05) is 29.0 Å². The molecule has 0 saturated carbocycles. The zero-order valence-electron chi connectivity index (χ0n) is 15.5. The number of aromatic carboxylic acids is 2. The highest BCUT2D eigenvalue weighted by Crippen LogP contribution is 2.35. The number of phenols is 3. The number of para-hydroxylation sites is 2. The van der Waals surface area contributed by atoms with Crippen LogP contribution in [0, 0.1) is 0 Å². The van der Waals surface area contributed by atoms with E-state index in [4.69, 9.17) is 21.8 Å². The molecule has 0 atom stereocenters. The highest BCUT2D eigenvalue weighted by molar-refractivity contribution is 6.30. The quantitative estimate of drug-likeness (QED) is 0.400. The van der Waals surface area contributed by atoms with Crippen molar-refractivity contribution in [2.24, 2.45) is 0 Å². The highest BCUT2D eigenvalue weighted by Gasteiger charge is 2.18. The van der Waals surface area contributed by atoms with Gasteiger partial charge >= 0.3 is 11.9 Å². The Kier molecular flexibility index (Phi) is 5.84. The molecule has 0 amide bonds. The van der Waals surface area contributed by atoms with Crippen LogP contribution in [-0.4, -0.2) is 37.5 Å². The predicted octanol–water partition coefficient (Wildman–Crippen LogP) is 4.03. The number of hydrogen-bond acceptors (Lipinski definition) is 5. The van der Waals surface area contributed by atoms with Crippen LogP contribution < -0.4 is 0 Å². The standard InChI is InChI=1S/C22H17ClO7/c23-15-9-13(7-11-3-1-5-16(19(11)25)21(27)28)18(24)14(10-15)8-12-4-2-6-17(20(12)26)22(29)30/h1-6,9-10,24-26H,7-8H2,(H,27,28)(H,29,30). The normalized spacial score (nSPS) is 10.7. The van der Waals surface area contributed by atoms with Crippen LogP contribution in [0.4, 0.5) is 0 Å². The molecule has 5 N–H and O–H groups in total. The van der Waals surface area contributed by atoms with E-state index in [0.717, 1.165) is 0 Å². The lowest BCUT2D eigenvalue weighted by Crippen LogP contribution is -2.01. The Balaban J connectivity index is 2.00. The van der Waals surface area contributed by atoms with Gasteiger partial charge in [-0.2, -0.15) is 0 Å². The minimum Gasteiger partial charge on any atom is -0.507 e. The Bertz CT molecular complexity index is 1070. The van der Waals surface area contributed by atoms with E-state index in [9.17, 15) is 24.9 Å². The molecule has 3 aromatic rings. The maximum Gasteiger partial charge on any atom is 0.339 e. The van der Waals surface area contributed by atoms with Crippen LogP contribution >= 0.6 is 11.6 Å². The number of aromatic hydroxyl groups is 3. The summed E-state index contributed by atoms with van der Waals surface area (Å²) >= 11 is 6.17. The molecular weight excluding hydrogens is 412 g/mol. The molecule has 3 rings (SSSR count). The number of hydrogen-bond donors (Lipinski definition) is 5. The predicted molar refractivity (Wildman–Crippen MR) is 109 cm³/mol. The van der Waals surface area contributed by atoms with Gasteiger partial charge in [0.25, 0.3) is 0 Å². The van der Waals surface area contributed by atoms with E-state index in [-0.39, 0.29) is 45.9 Å².